The Morgan fingerprint density at radius 1 is 0.852 bits per heavy atom. The minimum atomic E-state index is -10.7. The molecular formula is C18H19F6OPS. The molecule has 0 aromatic heterocycles. The van der Waals surface area contributed by atoms with Gasteiger partial charge in [-0.1, -0.05) is 38.1 Å². The molecular weight excluding hydrogens is 409 g/mol. The van der Waals surface area contributed by atoms with Crippen LogP contribution in [0.1, 0.15) is 20.8 Å². The van der Waals surface area contributed by atoms with Crippen LogP contribution < -0.4 is 4.74 Å². The van der Waals surface area contributed by atoms with Gasteiger partial charge in [0.2, 0.25) is 9.79 Å². The second-order valence-electron chi connectivity index (χ2n) is 6.28. The van der Waals surface area contributed by atoms with Gasteiger partial charge in [0.25, 0.3) is 0 Å². The quantitative estimate of drug-likeness (QED) is 0.264. The Balaban J connectivity index is 0.000000321. The Morgan fingerprint density at radius 3 is 1.59 bits per heavy atom. The van der Waals surface area contributed by atoms with Crippen LogP contribution in [0.5, 0.6) is 11.5 Å². The Bertz CT molecular complexity index is 805. The molecule has 0 aliphatic carbocycles. The van der Waals surface area contributed by atoms with Gasteiger partial charge < -0.3 is 4.74 Å². The number of hydrogen-bond donors (Lipinski definition) is 0. The second-order valence-corrected chi connectivity index (χ2v) is 10.3. The molecule has 2 aromatic carbocycles. The third-order valence-corrected chi connectivity index (χ3v) is 5.58. The van der Waals surface area contributed by atoms with E-state index in [0.717, 1.165) is 11.5 Å². The fraction of sp³-hybridized carbons (Fsp3) is 0.222. The van der Waals surface area contributed by atoms with E-state index in [9.17, 15) is 25.2 Å². The SMILES string of the molecule is C/C(=C\C(C)C)[S+]1c2ccccc2Oc2ccccc21.F[P-](F)(F)(F)(F)F. The van der Waals surface area contributed by atoms with Crippen LogP contribution in [0, 0.1) is 5.92 Å². The molecule has 0 unspecified atom stereocenters. The molecule has 0 spiro atoms. The summed E-state index contributed by atoms with van der Waals surface area (Å²) in [5, 5.41) is 0. The topological polar surface area (TPSA) is 9.23 Å². The van der Waals surface area contributed by atoms with Gasteiger partial charge in [0.15, 0.2) is 11.5 Å². The van der Waals surface area contributed by atoms with E-state index in [1.54, 1.807) is 0 Å². The van der Waals surface area contributed by atoms with E-state index in [1.807, 2.05) is 12.1 Å². The third-order valence-electron chi connectivity index (χ3n) is 3.25. The molecule has 0 N–H and O–H groups in total. The molecule has 0 saturated carbocycles. The molecule has 0 saturated heterocycles. The van der Waals surface area contributed by atoms with Crippen LogP contribution in [0.25, 0.3) is 0 Å². The first-order chi connectivity index (χ1) is 12.1. The molecule has 1 heterocycles. The normalized spacial score (nSPS) is 16.9. The van der Waals surface area contributed by atoms with E-state index in [0.29, 0.717) is 5.92 Å². The number of allylic oxidation sites excluding steroid dienone is 2. The van der Waals surface area contributed by atoms with Gasteiger partial charge in [0, 0.05) is 6.92 Å². The monoisotopic (exact) mass is 428 g/mol. The van der Waals surface area contributed by atoms with Gasteiger partial charge >= 0.3 is 33.0 Å². The third kappa shape index (κ3) is 7.46. The van der Waals surface area contributed by atoms with E-state index >= 15 is 0 Å². The van der Waals surface area contributed by atoms with Crippen molar-refractivity contribution < 1.29 is 29.9 Å². The molecule has 0 radical (unpaired) electrons. The Kier molecular flexibility index (Phi) is 5.40. The average molecular weight is 428 g/mol. The standard InChI is InChI=1S/C18H19OS.F6P/c1-13(2)12-14(3)20-17-10-6-4-8-15(17)19-16-9-5-7-11-18(16)20;1-7(2,3,4,5)6/h4-13H,1-3H3;/q+1;-1/b14-12+;. The number of para-hydroxylation sites is 2. The van der Waals surface area contributed by atoms with Crippen molar-refractivity contribution in [3.05, 3.63) is 59.5 Å². The fourth-order valence-corrected chi connectivity index (χ4v) is 4.92. The molecule has 1 aliphatic rings. The summed E-state index contributed by atoms with van der Waals surface area (Å²) in [4.78, 5) is 4.00. The summed E-state index contributed by atoms with van der Waals surface area (Å²) in [7, 11) is -10.7. The van der Waals surface area contributed by atoms with Gasteiger partial charge in [-0.25, -0.2) is 0 Å². The summed E-state index contributed by atoms with van der Waals surface area (Å²) < 4.78 is 65.2. The molecule has 3 rings (SSSR count). The number of rotatable bonds is 2. The first-order valence-electron chi connectivity index (χ1n) is 7.97. The molecule has 9 heteroatoms. The van der Waals surface area contributed by atoms with Crippen molar-refractivity contribution in [1.29, 1.82) is 0 Å². The van der Waals surface area contributed by atoms with Crippen LogP contribution in [0.3, 0.4) is 0 Å². The maximum atomic E-state index is 9.87. The number of ether oxygens (including phenoxy) is 1. The van der Waals surface area contributed by atoms with Gasteiger partial charge in [-0.3, -0.25) is 0 Å². The summed E-state index contributed by atoms with van der Waals surface area (Å²) in [6, 6.07) is 16.8. The van der Waals surface area contributed by atoms with E-state index < -0.39 is 7.81 Å². The van der Waals surface area contributed by atoms with Crippen LogP contribution in [0.2, 0.25) is 0 Å². The summed E-state index contributed by atoms with van der Waals surface area (Å²) in [5.41, 5.74) is 0. The van der Waals surface area contributed by atoms with E-state index in [4.69, 9.17) is 4.74 Å². The Hall–Kier alpha value is -1.66. The predicted octanol–water partition coefficient (Wildman–Crippen LogP) is 8.77. The van der Waals surface area contributed by atoms with Crippen molar-refractivity contribution in [2.75, 3.05) is 0 Å². The predicted molar refractivity (Wildman–Crippen MR) is 99.0 cm³/mol. The summed E-state index contributed by atoms with van der Waals surface area (Å²) in [6.45, 7) is 6.69. The van der Waals surface area contributed by atoms with Crippen molar-refractivity contribution in [2.45, 2.75) is 30.6 Å². The second kappa shape index (κ2) is 6.74. The van der Waals surface area contributed by atoms with Crippen molar-refractivity contribution in [2.24, 2.45) is 5.92 Å². The number of hydrogen-bond acceptors (Lipinski definition) is 1. The van der Waals surface area contributed by atoms with Gasteiger partial charge in [-0.15, -0.1) is 0 Å². The molecule has 2 aromatic rings. The molecule has 0 fully saturated rings. The molecule has 0 amide bonds. The van der Waals surface area contributed by atoms with Crippen LogP contribution in [0.15, 0.2) is 69.3 Å². The molecule has 150 valence electrons. The fourth-order valence-electron chi connectivity index (χ4n) is 2.53. The van der Waals surface area contributed by atoms with Crippen LogP contribution in [-0.2, 0) is 10.9 Å². The zero-order valence-corrected chi connectivity index (χ0v) is 16.5. The van der Waals surface area contributed by atoms with Crippen LogP contribution in [0.4, 0.5) is 25.2 Å². The summed E-state index contributed by atoms with van der Waals surface area (Å²) >= 11 is 0. The molecule has 0 bridgehead atoms. The molecule has 1 aliphatic heterocycles. The zero-order chi connectivity index (χ0) is 20.5. The van der Waals surface area contributed by atoms with Crippen molar-refractivity contribution in [3.63, 3.8) is 0 Å². The van der Waals surface area contributed by atoms with Gasteiger partial charge in [-0.05, 0) is 36.3 Å². The zero-order valence-electron chi connectivity index (χ0n) is 14.8. The Labute approximate surface area is 156 Å². The van der Waals surface area contributed by atoms with E-state index in [1.165, 1.54) is 14.7 Å². The summed E-state index contributed by atoms with van der Waals surface area (Å²) in [5.74, 6) is 2.54. The number of halogens is 6. The van der Waals surface area contributed by atoms with E-state index in [-0.39, 0.29) is 10.9 Å². The van der Waals surface area contributed by atoms with E-state index in [2.05, 4.69) is 63.2 Å². The summed E-state index contributed by atoms with van der Waals surface area (Å²) in [6.07, 6.45) is 2.36. The molecule has 27 heavy (non-hydrogen) atoms. The number of fused-ring (bicyclic) bond motifs is 2. The van der Waals surface area contributed by atoms with Crippen LogP contribution >= 0.6 is 7.81 Å². The van der Waals surface area contributed by atoms with Crippen LogP contribution in [-0.4, -0.2) is 0 Å². The Morgan fingerprint density at radius 2 is 1.22 bits per heavy atom. The van der Waals surface area contributed by atoms with Gasteiger partial charge in [-0.2, -0.15) is 0 Å². The number of benzene rings is 2. The first kappa shape index (κ1) is 21.6. The van der Waals surface area contributed by atoms with Crippen molar-refractivity contribution in [3.8, 4) is 11.5 Å². The van der Waals surface area contributed by atoms with Gasteiger partial charge in [0.1, 0.15) is 15.8 Å². The molecule has 1 nitrogen and oxygen atoms in total. The maximum absolute atomic E-state index is 10.7. The first-order valence-corrected chi connectivity index (χ1v) is 11.2. The minimum absolute atomic E-state index is 0.0238. The average Bonchev–Trinajstić information content (AvgIpc) is 2.48. The van der Waals surface area contributed by atoms with Crippen molar-refractivity contribution in [1.82, 2.24) is 0 Å². The van der Waals surface area contributed by atoms with Gasteiger partial charge in [0.05, 0.1) is 0 Å². The van der Waals surface area contributed by atoms with Crippen molar-refractivity contribution >= 4 is 18.7 Å². The molecule has 0 atom stereocenters.